The van der Waals surface area contributed by atoms with Gasteiger partial charge < -0.3 is 5.43 Å². The Balaban J connectivity index is 2.22. The van der Waals surface area contributed by atoms with Crippen LogP contribution in [0.15, 0.2) is 34.9 Å². The third-order valence-corrected chi connectivity index (χ3v) is 3.90. The van der Waals surface area contributed by atoms with Gasteiger partial charge in [0.15, 0.2) is 4.90 Å². The molecule has 1 aliphatic rings. The third-order valence-electron chi connectivity index (χ3n) is 2.53. The van der Waals surface area contributed by atoms with E-state index in [0.29, 0.717) is 0 Å². The van der Waals surface area contributed by atoms with Crippen LogP contribution in [0.2, 0.25) is 0 Å². The molecule has 2 rings (SSSR count). The maximum atomic E-state index is 13.4. The number of halogens is 2. The van der Waals surface area contributed by atoms with Gasteiger partial charge in [0.1, 0.15) is 11.6 Å². The first-order valence-electron chi connectivity index (χ1n) is 5.51. The van der Waals surface area contributed by atoms with Gasteiger partial charge in [-0.1, -0.05) is 6.07 Å². The third kappa shape index (κ3) is 2.72. The molecule has 1 aromatic rings. The number of sulfonamides is 1. The number of nitrogens with zero attached hydrogens (tertiary/aromatic N) is 1. The number of hydrogen-bond donors (Lipinski definition) is 2. The molecule has 0 bridgehead atoms. The molecule has 0 spiro atoms. The Morgan fingerprint density at radius 1 is 1.35 bits per heavy atom. The van der Waals surface area contributed by atoms with Crippen molar-refractivity contribution in [2.24, 2.45) is 0 Å². The monoisotopic (exact) mass is 303 g/mol. The molecule has 1 aromatic carbocycles. The van der Waals surface area contributed by atoms with Crippen molar-refractivity contribution in [2.45, 2.75) is 11.8 Å². The molecule has 0 aliphatic carbocycles. The largest absolute Gasteiger partial charge is 0.350 e. The number of amides is 2. The van der Waals surface area contributed by atoms with E-state index in [1.165, 1.54) is 6.20 Å². The minimum absolute atomic E-state index is 0.168. The van der Waals surface area contributed by atoms with E-state index in [1.807, 2.05) is 0 Å². The van der Waals surface area contributed by atoms with Gasteiger partial charge in [0.25, 0.3) is 10.0 Å². The van der Waals surface area contributed by atoms with E-state index < -0.39 is 32.6 Å². The second kappa shape index (κ2) is 5.08. The van der Waals surface area contributed by atoms with Gasteiger partial charge in [-0.25, -0.2) is 31.7 Å². The van der Waals surface area contributed by atoms with Gasteiger partial charge in [0, 0.05) is 6.20 Å². The van der Waals surface area contributed by atoms with E-state index in [2.05, 4.69) is 5.43 Å². The number of carbonyl (C=O) groups is 1. The van der Waals surface area contributed by atoms with E-state index in [9.17, 15) is 22.0 Å². The molecule has 0 saturated heterocycles. The van der Waals surface area contributed by atoms with Crippen molar-refractivity contribution in [1.82, 2.24) is 15.2 Å². The first-order chi connectivity index (χ1) is 9.31. The molecule has 6 nitrogen and oxygen atoms in total. The molecular formula is C11H11F2N3O3S. The summed E-state index contributed by atoms with van der Waals surface area (Å²) >= 11 is 0. The second-order valence-corrected chi connectivity index (χ2v) is 5.79. The summed E-state index contributed by atoms with van der Waals surface area (Å²) in [4.78, 5) is 10.5. The Morgan fingerprint density at radius 2 is 1.95 bits per heavy atom. The summed E-state index contributed by atoms with van der Waals surface area (Å²) in [5.41, 5.74) is 3.32. The Hall–Kier alpha value is -2.16. The summed E-state index contributed by atoms with van der Waals surface area (Å²) in [6, 6.07) is 1.59. The molecule has 20 heavy (non-hydrogen) atoms. The van der Waals surface area contributed by atoms with Crippen LogP contribution in [-0.2, 0) is 10.0 Å². The average Bonchev–Trinajstić information content (AvgIpc) is 2.74. The number of urea groups is 1. The van der Waals surface area contributed by atoms with Crippen molar-refractivity contribution in [1.29, 1.82) is 0 Å². The first kappa shape index (κ1) is 14.3. The highest BCUT2D eigenvalue weighted by atomic mass is 32.2. The Labute approximate surface area is 114 Å². The van der Waals surface area contributed by atoms with Gasteiger partial charge in [-0.2, -0.15) is 0 Å². The van der Waals surface area contributed by atoms with Crippen LogP contribution in [0.1, 0.15) is 6.92 Å². The van der Waals surface area contributed by atoms with E-state index >= 15 is 0 Å². The lowest BCUT2D eigenvalue weighted by molar-refractivity contribution is 0.200. The van der Waals surface area contributed by atoms with Crippen molar-refractivity contribution in [3.8, 4) is 0 Å². The van der Waals surface area contributed by atoms with E-state index in [0.717, 1.165) is 28.8 Å². The highest BCUT2D eigenvalue weighted by Crippen LogP contribution is 2.18. The number of hydrogen-bond acceptors (Lipinski definition) is 4. The fourth-order valence-electron chi connectivity index (χ4n) is 1.62. The Bertz CT molecular complexity index is 668. The highest BCUT2D eigenvalue weighted by Gasteiger charge is 2.28. The van der Waals surface area contributed by atoms with Crippen LogP contribution in [-0.4, -0.2) is 26.0 Å². The quantitative estimate of drug-likeness (QED) is 0.857. The van der Waals surface area contributed by atoms with Crippen LogP contribution in [0.4, 0.5) is 13.6 Å². The Morgan fingerprint density at radius 3 is 2.45 bits per heavy atom. The molecule has 0 fully saturated rings. The summed E-state index contributed by atoms with van der Waals surface area (Å²) < 4.78 is 52.1. The van der Waals surface area contributed by atoms with Crippen molar-refractivity contribution < 1.29 is 22.0 Å². The van der Waals surface area contributed by atoms with Crippen molar-refractivity contribution in [2.75, 3.05) is 6.54 Å². The molecular weight excluding hydrogens is 292 g/mol. The predicted octanol–water partition coefficient (Wildman–Crippen LogP) is 1.09. The fraction of sp³-hybridized carbons (Fsp3) is 0.182. The molecule has 1 aliphatic heterocycles. The lowest BCUT2D eigenvalue weighted by atomic mass is 10.3. The van der Waals surface area contributed by atoms with Crippen LogP contribution in [0, 0.1) is 11.6 Å². The van der Waals surface area contributed by atoms with E-state index in [-0.39, 0.29) is 6.54 Å². The zero-order valence-electron chi connectivity index (χ0n) is 10.4. The standard InChI is InChI=1S/C11H11F2N3O3S/c1-7-5-14-16(6-7)11(17)15-20(18,19)10-8(12)3-2-4-9(10)13/h2-5,14H,6H2,1H3,(H,15,17). The summed E-state index contributed by atoms with van der Waals surface area (Å²) in [6.45, 7) is 1.90. The SMILES string of the molecule is CC1=CNN(C(=O)NS(=O)(=O)c2c(F)cccc2F)C1. The summed E-state index contributed by atoms with van der Waals surface area (Å²) in [7, 11) is -4.63. The number of benzene rings is 1. The first-order valence-corrected chi connectivity index (χ1v) is 7.00. The second-order valence-electron chi connectivity index (χ2n) is 4.17. The smallest absolute Gasteiger partial charge is 0.302 e. The number of carbonyl (C=O) groups excluding carboxylic acids is 1. The Kier molecular flexibility index (Phi) is 3.62. The number of rotatable bonds is 2. The molecule has 0 radical (unpaired) electrons. The van der Waals surface area contributed by atoms with Crippen molar-refractivity contribution >= 4 is 16.1 Å². The summed E-state index contributed by atoms with van der Waals surface area (Å²) in [6.07, 6.45) is 1.51. The van der Waals surface area contributed by atoms with Crippen molar-refractivity contribution in [3.63, 3.8) is 0 Å². The predicted molar refractivity (Wildman–Crippen MR) is 65.7 cm³/mol. The van der Waals surface area contributed by atoms with Crippen LogP contribution >= 0.6 is 0 Å². The minimum Gasteiger partial charge on any atom is -0.302 e. The van der Waals surface area contributed by atoms with Crippen LogP contribution in [0.5, 0.6) is 0 Å². The molecule has 0 saturated carbocycles. The topological polar surface area (TPSA) is 78.5 Å². The van der Waals surface area contributed by atoms with Gasteiger partial charge in [0.05, 0.1) is 6.54 Å². The van der Waals surface area contributed by atoms with Gasteiger partial charge in [-0.05, 0) is 24.6 Å². The number of hydrazine groups is 1. The maximum absolute atomic E-state index is 13.4. The molecule has 0 unspecified atom stereocenters. The number of nitrogens with one attached hydrogen (secondary N) is 2. The van der Waals surface area contributed by atoms with Gasteiger partial charge in [-0.15, -0.1) is 0 Å². The van der Waals surface area contributed by atoms with Crippen LogP contribution in [0.25, 0.3) is 0 Å². The molecule has 1 heterocycles. The average molecular weight is 303 g/mol. The zero-order valence-corrected chi connectivity index (χ0v) is 11.2. The lowest BCUT2D eigenvalue weighted by Crippen LogP contribution is -2.46. The van der Waals surface area contributed by atoms with Gasteiger partial charge >= 0.3 is 6.03 Å². The summed E-state index contributed by atoms with van der Waals surface area (Å²) in [5, 5.41) is 0.964. The molecule has 0 atom stereocenters. The van der Waals surface area contributed by atoms with Crippen molar-refractivity contribution in [3.05, 3.63) is 41.6 Å². The molecule has 108 valence electrons. The van der Waals surface area contributed by atoms with E-state index in [1.54, 1.807) is 11.6 Å². The molecule has 2 N–H and O–H groups in total. The highest BCUT2D eigenvalue weighted by molar-refractivity contribution is 7.90. The summed E-state index contributed by atoms with van der Waals surface area (Å²) in [5.74, 6) is -2.54. The molecule has 2 amide bonds. The normalized spacial score (nSPS) is 14.8. The molecule has 0 aromatic heterocycles. The molecule has 9 heteroatoms. The zero-order chi connectivity index (χ0) is 14.9. The van der Waals surface area contributed by atoms with Crippen LogP contribution < -0.4 is 10.1 Å². The maximum Gasteiger partial charge on any atom is 0.350 e. The van der Waals surface area contributed by atoms with Gasteiger partial charge in [-0.3, -0.25) is 0 Å². The lowest BCUT2D eigenvalue weighted by Gasteiger charge is -2.17. The van der Waals surface area contributed by atoms with Crippen LogP contribution in [0.3, 0.4) is 0 Å². The fourth-order valence-corrected chi connectivity index (χ4v) is 2.71. The minimum atomic E-state index is -4.63. The van der Waals surface area contributed by atoms with Gasteiger partial charge in [0.2, 0.25) is 0 Å². The van der Waals surface area contributed by atoms with E-state index in [4.69, 9.17) is 0 Å².